The van der Waals surface area contributed by atoms with E-state index in [1.54, 1.807) is 26.6 Å². The van der Waals surface area contributed by atoms with Crippen LogP contribution in [0, 0.1) is 0 Å². The lowest BCUT2D eigenvalue weighted by Crippen LogP contribution is -2.00. The highest BCUT2D eigenvalue weighted by atomic mass is 35.5. The summed E-state index contributed by atoms with van der Waals surface area (Å²) in [6, 6.07) is 5.96. The summed E-state index contributed by atoms with van der Waals surface area (Å²) in [5, 5.41) is 3.42. The number of nitrogens with one attached hydrogen (secondary N) is 1. The van der Waals surface area contributed by atoms with Gasteiger partial charge in [0.05, 0.1) is 20.5 Å². The van der Waals surface area contributed by atoms with Crippen molar-refractivity contribution >= 4 is 34.3 Å². The van der Waals surface area contributed by atoms with Crippen molar-refractivity contribution in [3.05, 3.63) is 29.8 Å². The lowest BCUT2D eigenvalue weighted by Gasteiger charge is -2.11. The minimum Gasteiger partial charge on any atom is -0.497 e. The molecule has 8 heteroatoms. The van der Waals surface area contributed by atoms with Gasteiger partial charge >= 0.3 is 0 Å². The zero-order valence-corrected chi connectivity index (χ0v) is 14.0. The fourth-order valence-corrected chi connectivity index (χ4v) is 2.78. The van der Waals surface area contributed by atoms with E-state index in [9.17, 15) is 0 Å². The SMILES string of the molecule is COc1cc(Nc2nc(Cl)nc3c2ncn3C2CC2)cc(OC)c1. The molecule has 0 saturated heterocycles. The van der Waals surface area contributed by atoms with Crippen LogP contribution in [0.4, 0.5) is 11.5 Å². The lowest BCUT2D eigenvalue weighted by atomic mass is 10.2. The van der Waals surface area contributed by atoms with E-state index in [1.807, 2.05) is 12.1 Å². The van der Waals surface area contributed by atoms with Crippen molar-refractivity contribution in [3.8, 4) is 11.5 Å². The Labute approximate surface area is 143 Å². The van der Waals surface area contributed by atoms with Crippen LogP contribution in [0.5, 0.6) is 11.5 Å². The molecule has 1 aliphatic carbocycles. The predicted octanol–water partition coefficient (Wildman–Crippen LogP) is 3.58. The summed E-state index contributed by atoms with van der Waals surface area (Å²) in [5.74, 6) is 1.91. The first-order valence-electron chi connectivity index (χ1n) is 7.58. The average Bonchev–Trinajstić information content (AvgIpc) is 3.34. The van der Waals surface area contributed by atoms with Crippen molar-refractivity contribution in [2.24, 2.45) is 0 Å². The Morgan fingerprint density at radius 1 is 1.12 bits per heavy atom. The van der Waals surface area contributed by atoms with Gasteiger partial charge in [0.25, 0.3) is 0 Å². The van der Waals surface area contributed by atoms with Crippen molar-refractivity contribution in [2.45, 2.75) is 18.9 Å². The number of anilines is 2. The Balaban J connectivity index is 1.77. The molecule has 124 valence electrons. The summed E-state index contributed by atoms with van der Waals surface area (Å²) in [5.41, 5.74) is 2.20. The third-order valence-corrected chi connectivity index (χ3v) is 4.12. The molecule has 0 amide bonds. The molecule has 0 atom stereocenters. The number of fused-ring (bicyclic) bond motifs is 1. The highest BCUT2D eigenvalue weighted by Crippen LogP contribution is 2.38. The normalized spacial score (nSPS) is 14.0. The molecule has 0 bridgehead atoms. The van der Waals surface area contributed by atoms with Crippen LogP contribution in [-0.4, -0.2) is 33.7 Å². The van der Waals surface area contributed by atoms with Gasteiger partial charge in [-0.3, -0.25) is 0 Å². The van der Waals surface area contributed by atoms with Gasteiger partial charge < -0.3 is 19.4 Å². The van der Waals surface area contributed by atoms with Crippen molar-refractivity contribution in [3.63, 3.8) is 0 Å². The largest absolute Gasteiger partial charge is 0.497 e. The van der Waals surface area contributed by atoms with Gasteiger partial charge in [0.15, 0.2) is 17.0 Å². The Bertz CT molecular complexity index is 885. The van der Waals surface area contributed by atoms with Crippen LogP contribution in [0.3, 0.4) is 0 Å². The molecule has 0 spiro atoms. The summed E-state index contributed by atoms with van der Waals surface area (Å²) in [4.78, 5) is 13.1. The number of benzene rings is 1. The van der Waals surface area contributed by atoms with Crippen molar-refractivity contribution < 1.29 is 9.47 Å². The second kappa shape index (κ2) is 5.83. The van der Waals surface area contributed by atoms with Crippen LogP contribution in [0.1, 0.15) is 18.9 Å². The molecular weight excluding hydrogens is 330 g/mol. The zero-order chi connectivity index (χ0) is 16.7. The molecule has 1 saturated carbocycles. The summed E-state index contributed by atoms with van der Waals surface area (Å²) in [7, 11) is 3.21. The highest BCUT2D eigenvalue weighted by Gasteiger charge is 2.26. The van der Waals surface area contributed by atoms with Crippen LogP contribution in [0.2, 0.25) is 5.28 Å². The van der Waals surface area contributed by atoms with Gasteiger partial charge in [-0.15, -0.1) is 0 Å². The molecule has 0 radical (unpaired) electrons. The molecule has 2 aromatic heterocycles. The first-order chi connectivity index (χ1) is 11.7. The van der Waals surface area contributed by atoms with Crippen LogP contribution in [0.15, 0.2) is 24.5 Å². The van der Waals surface area contributed by atoms with Crippen molar-refractivity contribution in [1.29, 1.82) is 0 Å². The maximum atomic E-state index is 6.11. The predicted molar refractivity (Wildman–Crippen MR) is 91.4 cm³/mol. The van der Waals surface area contributed by atoms with E-state index in [2.05, 4.69) is 24.8 Å². The molecule has 3 aromatic rings. The quantitative estimate of drug-likeness (QED) is 0.712. The maximum Gasteiger partial charge on any atom is 0.226 e. The number of hydrogen-bond donors (Lipinski definition) is 1. The summed E-state index contributed by atoms with van der Waals surface area (Å²) >= 11 is 6.11. The topological polar surface area (TPSA) is 74.1 Å². The van der Waals surface area contributed by atoms with Crippen LogP contribution >= 0.6 is 11.6 Å². The second-order valence-electron chi connectivity index (χ2n) is 5.62. The van der Waals surface area contributed by atoms with Gasteiger partial charge in [0.2, 0.25) is 5.28 Å². The lowest BCUT2D eigenvalue weighted by molar-refractivity contribution is 0.395. The average molecular weight is 346 g/mol. The highest BCUT2D eigenvalue weighted by molar-refractivity contribution is 6.28. The Morgan fingerprint density at radius 2 is 1.83 bits per heavy atom. The second-order valence-corrected chi connectivity index (χ2v) is 5.96. The Morgan fingerprint density at radius 3 is 2.46 bits per heavy atom. The zero-order valence-electron chi connectivity index (χ0n) is 13.3. The van der Waals surface area contributed by atoms with Crippen LogP contribution in [0.25, 0.3) is 11.2 Å². The number of methoxy groups -OCH3 is 2. The standard InChI is InChI=1S/C16H16ClN5O2/c1-23-11-5-9(6-12(7-11)24-2)19-14-13-15(21-16(17)20-14)22(8-18-13)10-3-4-10/h5-8,10H,3-4H2,1-2H3,(H,19,20,21). The molecule has 1 aromatic carbocycles. The van der Waals surface area contributed by atoms with E-state index in [0.717, 1.165) is 24.2 Å². The monoisotopic (exact) mass is 345 g/mol. The number of rotatable bonds is 5. The molecule has 2 heterocycles. The van der Waals surface area contributed by atoms with Gasteiger partial charge in [-0.25, -0.2) is 4.98 Å². The van der Waals surface area contributed by atoms with E-state index in [4.69, 9.17) is 21.1 Å². The third kappa shape index (κ3) is 2.71. The van der Waals surface area contributed by atoms with Gasteiger partial charge in [-0.1, -0.05) is 0 Å². The number of imidazole rings is 1. The van der Waals surface area contributed by atoms with Crippen molar-refractivity contribution in [1.82, 2.24) is 19.5 Å². The smallest absolute Gasteiger partial charge is 0.226 e. The molecular formula is C16H16ClN5O2. The van der Waals surface area contributed by atoms with Gasteiger partial charge in [0, 0.05) is 29.9 Å². The Hall–Kier alpha value is -2.54. The first-order valence-corrected chi connectivity index (χ1v) is 7.96. The molecule has 1 aliphatic rings. The van der Waals surface area contributed by atoms with Crippen molar-refractivity contribution in [2.75, 3.05) is 19.5 Å². The molecule has 1 N–H and O–H groups in total. The number of nitrogens with zero attached hydrogens (tertiary/aromatic N) is 4. The molecule has 7 nitrogen and oxygen atoms in total. The van der Waals surface area contributed by atoms with Crippen LogP contribution < -0.4 is 14.8 Å². The number of aromatic nitrogens is 4. The first kappa shape index (κ1) is 15.0. The van der Waals surface area contributed by atoms with E-state index in [0.29, 0.717) is 28.9 Å². The molecule has 0 aliphatic heterocycles. The molecule has 4 rings (SSSR count). The summed E-state index contributed by atoms with van der Waals surface area (Å²) in [6.07, 6.45) is 4.08. The fraction of sp³-hybridized carbons (Fsp3) is 0.312. The fourth-order valence-electron chi connectivity index (χ4n) is 2.61. The molecule has 24 heavy (non-hydrogen) atoms. The van der Waals surface area contributed by atoms with E-state index < -0.39 is 0 Å². The Kier molecular flexibility index (Phi) is 3.65. The minimum absolute atomic E-state index is 0.183. The van der Waals surface area contributed by atoms with Gasteiger partial charge in [-0.05, 0) is 24.4 Å². The minimum atomic E-state index is 0.183. The third-order valence-electron chi connectivity index (χ3n) is 3.95. The summed E-state index contributed by atoms with van der Waals surface area (Å²) in [6.45, 7) is 0. The van der Waals surface area contributed by atoms with Gasteiger partial charge in [0.1, 0.15) is 11.5 Å². The maximum absolute atomic E-state index is 6.11. The number of hydrogen-bond acceptors (Lipinski definition) is 6. The molecule has 1 fully saturated rings. The number of halogens is 1. The summed E-state index contributed by atoms with van der Waals surface area (Å²) < 4.78 is 12.6. The van der Waals surface area contributed by atoms with E-state index in [1.165, 1.54) is 0 Å². The number of ether oxygens (including phenoxy) is 2. The van der Waals surface area contributed by atoms with E-state index in [-0.39, 0.29) is 5.28 Å². The molecule has 0 unspecified atom stereocenters. The van der Waals surface area contributed by atoms with E-state index >= 15 is 0 Å². The van der Waals surface area contributed by atoms with Gasteiger partial charge in [-0.2, -0.15) is 9.97 Å². The van der Waals surface area contributed by atoms with Crippen LogP contribution in [-0.2, 0) is 0 Å².